The van der Waals surface area contributed by atoms with Gasteiger partial charge in [-0.1, -0.05) is 6.92 Å². The molecule has 1 heterocycles. The van der Waals surface area contributed by atoms with E-state index in [1.807, 2.05) is 0 Å². The first-order chi connectivity index (χ1) is 9.11. The minimum absolute atomic E-state index is 0.743. The molecule has 0 bridgehead atoms. The molecule has 3 nitrogen and oxygen atoms in total. The molecule has 1 N–H and O–H groups in total. The zero-order valence-electron chi connectivity index (χ0n) is 12.4. The molecule has 19 heavy (non-hydrogen) atoms. The number of hydrogen-bond acceptors (Lipinski definition) is 3. The summed E-state index contributed by atoms with van der Waals surface area (Å²) in [7, 11) is 2.20. The van der Waals surface area contributed by atoms with E-state index in [0.717, 1.165) is 42.5 Å². The van der Waals surface area contributed by atoms with E-state index in [0.29, 0.717) is 0 Å². The highest BCUT2D eigenvalue weighted by Crippen LogP contribution is 2.38. The molecule has 106 valence electrons. The average molecular weight is 262 g/mol. The Morgan fingerprint density at radius 3 is 2.79 bits per heavy atom. The maximum absolute atomic E-state index is 5.99. The van der Waals surface area contributed by atoms with Crippen molar-refractivity contribution in [2.45, 2.75) is 52.2 Å². The number of nitrogens with zero attached hydrogens (tertiary/aromatic N) is 1. The van der Waals surface area contributed by atoms with Gasteiger partial charge in [-0.3, -0.25) is 4.90 Å². The monoisotopic (exact) mass is 262 g/mol. The van der Waals surface area contributed by atoms with Gasteiger partial charge >= 0.3 is 0 Å². The van der Waals surface area contributed by atoms with Gasteiger partial charge in [0.05, 0.1) is 13.1 Å². The van der Waals surface area contributed by atoms with E-state index in [4.69, 9.17) is 4.42 Å². The van der Waals surface area contributed by atoms with E-state index >= 15 is 0 Å². The second-order valence-corrected chi connectivity index (χ2v) is 6.64. The van der Waals surface area contributed by atoms with E-state index in [-0.39, 0.29) is 0 Å². The third-order valence-corrected chi connectivity index (χ3v) is 4.45. The quantitative estimate of drug-likeness (QED) is 0.819. The van der Waals surface area contributed by atoms with Crippen LogP contribution in [-0.2, 0) is 13.1 Å². The SMILES string of the molecule is Cc1cc(CN(C)CC2CC2C)oc1CNC1CC1. The summed E-state index contributed by atoms with van der Waals surface area (Å²) in [6, 6.07) is 2.95. The van der Waals surface area contributed by atoms with Crippen molar-refractivity contribution in [3.63, 3.8) is 0 Å². The van der Waals surface area contributed by atoms with Crippen LogP contribution in [0, 0.1) is 18.8 Å². The Morgan fingerprint density at radius 2 is 2.16 bits per heavy atom. The summed E-state index contributed by atoms with van der Waals surface area (Å²) < 4.78 is 5.99. The molecule has 2 saturated carbocycles. The molecular formula is C16H26N2O. The Kier molecular flexibility index (Phi) is 3.68. The standard InChI is InChI=1S/C16H26N2O/c1-11-6-13(11)9-18(3)10-15-7-12(2)16(19-15)8-17-14-4-5-14/h7,11,13-14,17H,4-6,8-10H2,1-3H3. The minimum atomic E-state index is 0.743. The smallest absolute Gasteiger partial charge is 0.120 e. The van der Waals surface area contributed by atoms with Gasteiger partial charge in [-0.25, -0.2) is 0 Å². The first kappa shape index (κ1) is 13.2. The van der Waals surface area contributed by atoms with Crippen molar-refractivity contribution in [2.24, 2.45) is 11.8 Å². The zero-order valence-corrected chi connectivity index (χ0v) is 12.4. The number of rotatable bonds is 7. The van der Waals surface area contributed by atoms with Crippen LogP contribution in [0.2, 0.25) is 0 Å². The van der Waals surface area contributed by atoms with Gasteiger partial charge in [-0.05, 0) is 56.7 Å². The van der Waals surface area contributed by atoms with Crippen molar-refractivity contribution in [1.82, 2.24) is 10.2 Å². The van der Waals surface area contributed by atoms with Crippen LogP contribution in [0.3, 0.4) is 0 Å². The third-order valence-electron chi connectivity index (χ3n) is 4.45. The number of furan rings is 1. The molecule has 2 atom stereocenters. The van der Waals surface area contributed by atoms with Gasteiger partial charge in [0.2, 0.25) is 0 Å². The molecule has 2 unspecified atom stereocenters. The molecule has 2 aliphatic rings. The maximum Gasteiger partial charge on any atom is 0.120 e. The summed E-state index contributed by atoms with van der Waals surface area (Å²) in [5.41, 5.74) is 1.29. The fourth-order valence-corrected chi connectivity index (χ4v) is 2.75. The largest absolute Gasteiger partial charge is 0.463 e. The van der Waals surface area contributed by atoms with Crippen LogP contribution in [0.5, 0.6) is 0 Å². The summed E-state index contributed by atoms with van der Waals surface area (Å²) in [5.74, 6) is 4.08. The minimum Gasteiger partial charge on any atom is -0.463 e. The second-order valence-electron chi connectivity index (χ2n) is 6.64. The molecule has 0 spiro atoms. The highest BCUT2D eigenvalue weighted by atomic mass is 16.3. The van der Waals surface area contributed by atoms with Crippen molar-refractivity contribution < 1.29 is 4.42 Å². The van der Waals surface area contributed by atoms with E-state index in [2.05, 4.69) is 37.2 Å². The summed E-state index contributed by atoms with van der Waals surface area (Å²) in [5, 5.41) is 3.52. The van der Waals surface area contributed by atoms with Gasteiger partial charge in [0.15, 0.2) is 0 Å². The van der Waals surface area contributed by atoms with Gasteiger partial charge < -0.3 is 9.73 Å². The first-order valence-corrected chi connectivity index (χ1v) is 7.62. The van der Waals surface area contributed by atoms with Gasteiger partial charge in [0.1, 0.15) is 11.5 Å². The highest BCUT2D eigenvalue weighted by Gasteiger charge is 2.33. The Labute approximate surface area is 116 Å². The van der Waals surface area contributed by atoms with Crippen molar-refractivity contribution in [1.29, 1.82) is 0 Å². The molecule has 0 aliphatic heterocycles. The lowest BCUT2D eigenvalue weighted by Gasteiger charge is -2.14. The first-order valence-electron chi connectivity index (χ1n) is 7.62. The normalized spacial score (nSPS) is 26.1. The number of nitrogens with one attached hydrogen (secondary N) is 1. The molecule has 1 aromatic rings. The van der Waals surface area contributed by atoms with E-state index in [1.54, 1.807) is 0 Å². The highest BCUT2D eigenvalue weighted by molar-refractivity contribution is 5.20. The van der Waals surface area contributed by atoms with Crippen molar-refractivity contribution >= 4 is 0 Å². The van der Waals surface area contributed by atoms with E-state index < -0.39 is 0 Å². The fraction of sp³-hybridized carbons (Fsp3) is 0.750. The Balaban J connectivity index is 1.50. The topological polar surface area (TPSA) is 28.4 Å². The summed E-state index contributed by atoms with van der Waals surface area (Å²) in [4.78, 5) is 2.39. The van der Waals surface area contributed by atoms with Crippen LogP contribution < -0.4 is 5.32 Å². The molecule has 3 heteroatoms. The van der Waals surface area contributed by atoms with Crippen LogP contribution in [0.15, 0.2) is 10.5 Å². The summed E-state index contributed by atoms with van der Waals surface area (Å²) >= 11 is 0. The van der Waals surface area contributed by atoms with E-state index in [1.165, 1.54) is 31.4 Å². The molecule has 3 rings (SSSR count). The summed E-state index contributed by atoms with van der Waals surface area (Å²) in [6.45, 7) is 7.53. The molecular weight excluding hydrogens is 236 g/mol. The van der Waals surface area contributed by atoms with Crippen LogP contribution in [0.25, 0.3) is 0 Å². The van der Waals surface area contributed by atoms with Crippen LogP contribution in [-0.4, -0.2) is 24.5 Å². The van der Waals surface area contributed by atoms with Crippen molar-refractivity contribution in [3.8, 4) is 0 Å². The molecule has 1 aromatic heterocycles. The van der Waals surface area contributed by atoms with Gasteiger partial charge in [0, 0.05) is 12.6 Å². The molecule has 2 aliphatic carbocycles. The molecule has 0 amide bonds. The zero-order chi connectivity index (χ0) is 13.4. The van der Waals surface area contributed by atoms with Crippen LogP contribution in [0.4, 0.5) is 0 Å². The molecule has 0 saturated heterocycles. The van der Waals surface area contributed by atoms with Gasteiger partial charge in [-0.2, -0.15) is 0 Å². The lowest BCUT2D eigenvalue weighted by molar-refractivity contribution is 0.275. The van der Waals surface area contributed by atoms with Crippen LogP contribution in [0.1, 0.15) is 43.3 Å². The predicted molar refractivity (Wildman–Crippen MR) is 76.9 cm³/mol. The van der Waals surface area contributed by atoms with Crippen LogP contribution >= 0.6 is 0 Å². The van der Waals surface area contributed by atoms with Crippen molar-refractivity contribution in [2.75, 3.05) is 13.6 Å². The second kappa shape index (κ2) is 5.29. The number of aryl methyl sites for hydroxylation is 1. The fourth-order valence-electron chi connectivity index (χ4n) is 2.75. The Morgan fingerprint density at radius 1 is 1.42 bits per heavy atom. The maximum atomic E-state index is 5.99. The summed E-state index contributed by atoms with van der Waals surface area (Å²) in [6.07, 6.45) is 4.06. The van der Waals surface area contributed by atoms with Gasteiger partial charge in [0.25, 0.3) is 0 Å². The van der Waals surface area contributed by atoms with E-state index in [9.17, 15) is 0 Å². The van der Waals surface area contributed by atoms with Gasteiger partial charge in [-0.15, -0.1) is 0 Å². The lowest BCUT2D eigenvalue weighted by Crippen LogP contribution is -2.20. The van der Waals surface area contributed by atoms with Crippen molar-refractivity contribution in [3.05, 3.63) is 23.2 Å². The molecule has 2 fully saturated rings. The lowest BCUT2D eigenvalue weighted by atomic mass is 10.2. The third kappa shape index (κ3) is 3.61. The predicted octanol–water partition coefficient (Wildman–Crippen LogP) is 2.93. The molecule has 0 aromatic carbocycles. The average Bonchev–Trinajstić information content (AvgIpc) is 3.24. The Bertz CT molecular complexity index is 436. The number of hydrogen-bond donors (Lipinski definition) is 1. The Hall–Kier alpha value is -0.800. The molecule has 0 radical (unpaired) electrons.